The predicted octanol–water partition coefficient (Wildman–Crippen LogP) is 4.11. The fraction of sp³-hybridized carbons (Fsp3) is 0.882. The lowest BCUT2D eigenvalue weighted by Crippen LogP contribution is -2.27. The Bertz CT molecular complexity index is 334. The van der Waals surface area contributed by atoms with E-state index >= 15 is 0 Å². The Morgan fingerprint density at radius 1 is 1.00 bits per heavy atom. The number of carbonyl (C=O) groups excluding carboxylic acids is 2. The minimum Gasteiger partial charge on any atom is -0.465 e. The van der Waals surface area contributed by atoms with Crippen LogP contribution in [0.5, 0.6) is 0 Å². The molecule has 0 amide bonds. The van der Waals surface area contributed by atoms with Gasteiger partial charge in [-0.2, -0.15) is 0 Å². The van der Waals surface area contributed by atoms with Crippen molar-refractivity contribution in [1.82, 2.24) is 0 Å². The summed E-state index contributed by atoms with van der Waals surface area (Å²) in [6, 6.07) is 0. The second-order valence-electron chi connectivity index (χ2n) is 7.88. The monoisotopic (exact) mass is 300 g/mol. The SMILES string of the molecule is C[C@H](CC(=O)OC(C)(C)C)C(=O)OCCCCC(C)(C)C. The Morgan fingerprint density at radius 2 is 1.57 bits per heavy atom. The van der Waals surface area contributed by atoms with Crippen LogP contribution < -0.4 is 0 Å². The Balaban J connectivity index is 3.88. The van der Waals surface area contributed by atoms with Gasteiger partial charge < -0.3 is 9.47 Å². The largest absolute Gasteiger partial charge is 0.465 e. The zero-order valence-corrected chi connectivity index (χ0v) is 14.7. The third-order valence-corrected chi connectivity index (χ3v) is 2.86. The maximum absolute atomic E-state index is 11.8. The van der Waals surface area contributed by atoms with Crippen molar-refractivity contribution < 1.29 is 19.1 Å². The molecule has 124 valence electrons. The van der Waals surface area contributed by atoms with E-state index < -0.39 is 11.5 Å². The number of rotatable bonds is 7. The van der Waals surface area contributed by atoms with Crippen LogP contribution in [0.3, 0.4) is 0 Å². The molecule has 4 heteroatoms. The van der Waals surface area contributed by atoms with E-state index in [4.69, 9.17) is 9.47 Å². The fourth-order valence-electron chi connectivity index (χ4n) is 1.79. The minimum atomic E-state index is -0.520. The quantitative estimate of drug-likeness (QED) is 0.524. The van der Waals surface area contributed by atoms with Gasteiger partial charge in [-0.25, -0.2) is 0 Å². The van der Waals surface area contributed by atoms with Crippen LogP contribution in [0.4, 0.5) is 0 Å². The van der Waals surface area contributed by atoms with Crippen molar-refractivity contribution in [2.75, 3.05) is 6.61 Å². The zero-order valence-electron chi connectivity index (χ0n) is 14.7. The van der Waals surface area contributed by atoms with E-state index in [1.807, 2.05) is 20.8 Å². The minimum absolute atomic E-state index is 0.0676. The van der Waals surface area contributed by atoms with Crippen molar-refractivity contribution in [3.05, 3.63) is 0 Å². The Hall–Kier alpha value is -1.06. The van der Waals surface area contributed by atoms with Crippen molar-refractivity contribution in [2.45, 2.75) is 79.8 Å². The topological polar surface area (TPSA) is 52.6 Å². The van der Waals surface area contributed by atoms with Crippen LogP contribution in [0.2, 0.25) is 0 Å². The summed E-state index contributed by atoms with van der Waals surface area (Å²) in [5.41, 5.74) is -0.207. The first kappa shape index (κ1) is 19.9. The summed E-state index contributed by atoms with van der Waals surface area (Å²) in [7, 11) is 0. The summed E-state index contributed by atoms with van der Waals surface area (Å²) < 4.78 is 10.4. The smallest absolute Gasteiger partial charge is 0.309 e. The van der Waals surface area contributed by atoms with E-state index in [2.05, 4.69) is 20.8 Å². The molecule has 0 aromatic carbocycles. The maximum atomic E-state index is 11.8. The van der Waals surface area contributed by atoms with Gasteiger partial charge in [0.1, 0.15) is 5.60 Å². The molecule has 0 saturated carbocycles. The van der Waals surface area contributed by atoms with E-state index in [0.717, 1.165) is 19.3 Å². The summed E-state index contributed by atoms with van der Waals surface area (Å²) in [5.74, 6) is -1.14. The van der Waals surface area contributed by atoms with Crippen molar-refractivity contribution in [3.8, 4) is 0 Å². The van der Waals surface area contributed by atoms with E-state index in [-0.39, 0.29) is 18.4 Å². The summed E-state index contributed by atoms with van der Waals surface area (Å²) in [5, 5.41) is 0. The van der Waals surface area contributed by atoms with Gasteiger partial charge in [0.25, 0.3) is 0 Å². The van der Waals surface area contributed by atoms with E-state index in [0.29, 0.717) is 12.0 Å². The molecule has 0 saturated heterocycles. The van der Waals surface area contributed by atoms with Gasteiger partial charge in [0.15, 0.2) is 0 Å². The molecular formula is C17H32O4. The summed E-state index contributed by atoms with van der Waals surface area (Å²) >= 11 is 0. The van der Waals surface area contributed by atoms with Crippen molar-refractivity contribution >= 4 is 11.9 Å². The van der Waals surface area contributed by atoms with Crippen LogP contribution in [0.1, 0.15) is 74.1 Å². The molecule has 0 fully saturated rings. The molecule has 1 atom stereocenters. The normalized spacial score (nSPS) is 13.7. The number of esters is 2. The Morgan fingerprint density at radius 3 is 2.05 bits per heavy atom. The second kappa shape index (κ2) is 8.40. The van der Waals surface area contributed by atoms with Crippen LogP contribution in [0, 0.1) is 11.3 Å². The molecule has 0 spiro atoms. The summed E-state index contributed by atoms with van der Waals surface area (Å²) in [4.78, 5) is 23.4. The lowest BCUT2D eigenvalue weighted by Gasteiger charge is -2.20. The molecular weight excluding hydrogens is 268 g/mol. The molecule has 0 aromatic rings. The summed E-state index contributed by atoms with van der Waals surface area (Å²) in [6.07, 6.45) is 3.08. The first-order chi connectivity index (χ1) is 9.41. The van der Waals surface area contributed by atoms with E-state index in [9.17, 15) is 9.59 Å². The zero-order chi connectivity index (χ0) is 16.7. The molecule has 21 heavy (non-hydrogen) atoms. The standard InChI is InChI=1S/C17H32O4/c1-13(12-14(18)21-17(5,6)7)15(19)20-11-9-8-10-16(2,3)4/h13H,8-12H2,1-7H3/t13-/m1/s1. The summed E-state index contributed by atoms with van der Waals surface area (Å²) in [6.45, 7) is 14.1. The van der Waals surface area contributed by atoms with Crippen LogP contribution in [0.25, 0.3) is 0 Å². The molecule has 0 radical (unpaired) electrons. The molecule has 0 aliphatic rings. The van der Waals surface area contributed by atoms with Crippen LogP contribution >= 0.6 is 0 Å². The number of ether oxygens (including phenoxy) is 2. The number of hydrogen-bond donors (Lipinski definition) is 0. The van der Waals surface area contributed by atoms with Crippen molar-refractivity contribution in [3.63, 3.8) is 0 Å². The van der Waals surface area contributed by atoms with Crippen molar-refractivity contribution in [2.24, 2.45) is 11.3 Å². The van der Waals surface area contributed by atoms with Gasteiger partial charge in [-0.15, -0.1) is 0 Å². The molecule has 0 aliphatic heterocycles. The van der Waals surface area contributed by atoms with Gasteiger partial charge in [0.05, 0.1) is 18.9 Å². The Labute approximate surface area is 129 Å². The van der Waals surface area contributed by atoms with E-state index in [1.54, 1.807) is 6.92 Å². The first-order valence-corrected chi connectivity index (χ1v) is 7.79. The van der Waals surface area contributed by atoms with Crippen LogP contribution in [-0.4, -0.2) is 24.1 Å². The highest BCUT2D eigenvalue weighted by atomic mass is 16.6. The molecule has 0 aliphatic carbocycles. The molecule has 0 aromatic heterocycles. The third-order valence-electron chi connectivity index (χ3n) is 2.86. The number of hydrogen-bond acceptors (Lipinski definition) is 4. The van der Waals surface area contributed by atoms with Gasteiger partial charge in [-0.1, -0.05) is 27.7 Å². The number of unbranched alkanes of at least 4 members (excludes halogenated alkanes) is 1. The van der Waals surface area contributed by atoms with Gasteiger partial charge >= 0.3 is 11.9 Å². The van der Waals surface area contributed by atoms with E-state index in [1.165, 1.54) is 0 Å². The van der Waals surface area contributed by atoms with Crippen LogP contribution in [-0.2, 0) is 19.1 Å². The molecule has 0 rings (SSSR count). The van der Waals surface area contributed by atoms with Gasteiger partial charge in [-0.05, 0) is 45.4 Å². The lowest BCUT2D eigenvalue weighted by molar-refractivity contribution is -0.161. The fourth-order valence-corrected chi connectivity index (χ4v) is 1.79. The predicted molar refractivity (Wildman–Crippen MR) is 83.9 cm³/mol. The first-order valence-electron chi connectivity index (χ1n) is 7.79. The third kappa shape index (κ3) is 12.4. The van der Waals surface area contributed by atoms with Crippen molar-refractivity contribution in [1.29, 1.82) is 0 Å². The number of carbonyl (C=O) groups is 2. The van der Waals surface area contributed by atoms with Gasteiger partial charge in [-0.3, -0.25) is 9.59 Å². The van der Waals surface area contributed by atoms with Gasteiger partial charge in [0, 0.05) is 0 Å². The molecule has 4 nitrogen and oxygen atoms in total. The molecule has 0 bridgehead atoms. The average Bonchev–Trinajstić information content (AvgIpc) is 2.23. The highest BCUT2D eigenvalue weighted by Crippen LogP contribution is 2.21. The van der Waals surface area contributed by atoms with Crippen LogP contribution in [0.15, 0.2) is 0 Å². The molecule has 0 unspecified atom stereocenters. The second-order valence-corrected chi connectivity index (χ2v) is 7.88. The lowest BCUT2D eigenvalue weighted by atomic mass is 9.90. The van der Waals surface area contributed by atoms with Gasteiger partial charge in [0.2, 0.25) is 0 Å². The molecule has 0 N–H and O–H groups in total. The Kier molecular flexibility index (Phi) is 7.98. The highest BCUT2D eigenvalue weighted by molar-refractivity contribution is 5.79. The molecule has 0 heterocycles. The highest BCUT2D eigenvalue weighted by Gasteiger charge is 2.23. The maximum Gasteiger partial charge on any atom is 0.309 e. The average molecular weight is 300 g/mol.